The van der Waals surface area contributed by atoms with Gasteiger partial charge >= 0.3 is 0 Å². The van der Waals surface area contributed by atoms with Crippen molar-refractivity contribution in [3.05, 3.63) is 42.0 Å². The van der Waals surface area contributed by atoms with Crippen molar-refractivity contribution in [1.29, 1.82) is 0 Å². The van der Waals surface area contributed by atoms with E-state index in [9.17, 15) is 4.79 Å². The van der Waals surface area contributed by atoms with E-state index in [0.29, 0.717) is 24.5 Å². The quantitative estimate of drug-likeness (QED) is 0.771. The lowest BCUT2D eigenvalue weighted by Crippen LogP contribution is -2.26. The van der Waals surface area contributed by atoms with Gasteiger partial charge in [-0.25, -0.2) is 4.98 Å². The maximum atomic E-state index is 12.2. The molecule has 1 aromatic heterocycles. The maximum absolute atomic E-state index is 12.2. The molecule has 3 rings (SSSR count). The number of para-hydroxylation sites is 1. The van der Waals surface area contributed by atoms with Gasteiger partial charge in [0.2, 0.25) is 0 Å². The van der Waals surface area contributed by atoms with E-state index in [1.54, 1.807) is 18.5 Å². The summed E-state index contributed by atoms with van der Waals surface area (Å²) in [5.41, 5.74) is 1.40. The van der Waals surface area contributed by atoms with Crippen LogP contribution >= 0.6 is 0 Å². The number of benzene rings is 1. The Balaban J connectivity index is 1.76. The molecule has 3 N–H and O–H groups in total. The van der Waals surface area contributed by atoms with Crippen molar-refractivity contribution < 1.29 is 9.53 Å². The van der Waals surface area contributed by atoms with Gasteiger partial charge in [0.1, 0.15) is 12.4 Å². The lowest BCUT2D eigenvalue weighted by atomic mass is 10.1. The lowest BCUT2D eigenvalue weighted by Gasteiger charge is -2.21. The number of anilines is 1. The SMILES string of the molecule is O=C(NCc1ncc[nH]1)c1cccc2c1OCCN2. The number of hydrogen-bond donors (Lipinski definition) is 3. The highest BCUT2D eigenvalue weighted by Crippen LogP contribution is 2.30. The van der Waals surface area contributed by atoms with Crippen molar-refractivity contribution in [2.75, 3.05) is 18.5 Å². The monoisotopic (exact) mass is 258 g/mol. The predicted molar refractivity (Wildman–Crippen MR) is 70.2 cm³/mol. The van der Waals surface area contributed by atoms with Gasteiger partial charge in [0, 0.05) is 18.9 Å². The predicted octanol–water partition coefficient (Wildman–Crippen LogP) is 1.14. The van der Waals surface area contributed by atoms with Gasteiger partial charge in [-0.2, -0.15) is 0 Å². The highest BCUT2D eigenvalue weighted by atomic mass is 16.5. The van der Waals surface area contributed by atoms with Gasteiger partial charge in [-0.15, -0.1) is 0 Å². The number of carbonyl (C=O) groups excluding carboxylic acids is 1. The minimum absolute atomic E-state index is 0.169. The minimum atomic E-state index is -0.169. The van der Waals surface area contributed by atoms with E-state index >= 15 is 0 Å². The topological polar surface area (TPSA) is 79.0 Å². The van der Waals surface area contributed by atoms with Crippen molar-refractivity contribution in [1.82, 2.24) is 15.3 Å². The van der Waals surface area contributed by atoms with Crippen LogP contribution in [0.25, 0.3) is 0 Å². The van der Waals surface area contributed by atoms with Crippen molar-refractivity contribution in [2.24, 2.45) is 0 Å². The lowest BCUT2D eigenvalue weighted by molar-refractivity contribution is 0.0946. The molecule has 6 heteroatoms. The van der Waals surface area contributed by atoms with Crippen LogP contribution in [-0.2, 0) is 6.54 Å². The Hall–Kier alpha value is -2.50. The third-order valence-corrected chi connectivity index (χ3v) is 2.89. The molecule has 0 bridgehead atoms. The molecule has 6 nitrogen and oxygen atoms in total. The summed E-state index contributed by atoms with van der Waals surface area (Å²) >= 11 is 0. The van der Waals surface area contributed by atoms with E-state index in [1.807, 2.05) is 12.1 Å². The van der Waals surface area contributed by atoms with Gasteiger partial charge in [0.05, 0.1) is 17.8 Å². The first-order valence-corrected chi connectivity index (χ1v) is 6.11. The standard InChI is InChI=1S/C13H14N4O2/c18-13(17-8-11-15-4-5-16-11)9-2-1-3-10-12(9)19-7-6-14-10/h1-5,14H,6-8H2,(H,15,16)(H,17,18). The third-order valence-electron chi connectivity index (χ3n) is 2.89. The van der Waals surface area contributed by atoms with Gasteiger partial charge in [-0.05, 0) is 12.1 Å². The number of aromatic amines is 1. The van der Waals surface area contributed by atoms with Crippen LogP contribution in [0.5, 0.6) is 5.75 Å². The Labute approximate surface area is 110 Å². The Kier molecular flexibility index (Phi) is 3.06. The van der Waals surface area contributed by atoms with Crippen molar-refractivity contribution in [2.45, 2.75) is 6.54 Å². The van der Waals surface area contributed by atoms with E-state index in [4.69, 9.17) is 4.74 Å². The Bertz CT molecular complexity index is 580. The molecule has 1 aliphatic rings. The zero-order valence-corrected chi connectivity index (χ0v) is 10.3. The molecule has 0 aliphatic carbocycles. The van der Waals surface area contributed by atoms with Crippen molar-refractivity contribution in [3.8, 4) is 5.75 Å². The number of amides is 1. The molecule has 98 valence electrons. The number of imidazole rings is 1. The maximum Gasteiger partial charge on any atom is 0.255 e. The van der Waals surface area contributed by atoms with E-state index in [0.717, 1.165) is 18.1 Å². The number of nitrogens with zero attached hydrogens (tertiary/aromatic N) is 1. The van der Waals surface area contributed by atoms with Crippen LogP contribution in [-0.4, -0.2) is 29.0 Å². The summed E-state index contributed by atoms with van der Waals surface area (Å²) in [4.78, 5) is 19.1. The second-order valence-electron chi connectivity index (χ2n) is 4.18. The molecule has 0 fully saturated rings. The average Bonchev–Trinajstić information content (AvgIpc) is 2.97. The van der Waals surface area contributed by atoms with E-state index < -0.39 is 0 Å². The molecule has 1 aromatic carbocycles. The highest BCUT2D eigenvalue weighted by molar-refractivity contribution is 5.98. The molecule has 0 unspecified atom stereocenters. The fourth-order valence-corrected chi connectivity index (χ4v) is 2.00. The molecule has 0 saturated carbocycles. The zero-order valence-electron chi connectivity index (χ0n) is 10.3. The first kappa shape index (κ1) is 11.6. The van der Waals surface area contributed by atoms with Crippen LogP contribution in [0.2, 0.25) is 0 Å². The smallest absolute Gasteiger partial charge is 0.255 e. The molecule has 0 spiro atoms. The van der Waals surface area contributed by atoms with Gasteiger partial charge in [0.25, 0.3) is 5.91 Å². The fraction of sp³-hybridized carbons (Fsp3) is 0.231. The number of ether oxygens (including phenoxy) is 1. The third kappa shape index (κ3) is 2.37. The van der Waals surface area contributed by atoms with Crippen molar-refractivity contribution >= 4 is 11.6 Å². The van der Waals surface area contributed by atoms with E-state index in [2.05, 4.69) is 20.6 Å². The Morgan fingerprint density at radius 3 is 3.26 bits per heavy atom. The summed E-state index contributed by atoms with van der Waals surface area (Å²) in [7, 11) is 0. The van der Waals surface area contributed by atoms with Gasteiger partial charge in [-0.3, -0.25) is 4.79 Å². The molecule has 1 aliphatic heterocycles. The second kappa shape index (κ2) is 5.01. The second-order valence-corrected chi connectivity index (χ2v) is 4.18. The van der Waals surface area contributed by atoms with Crippen LogP contribution in [0.15, 0.2) is 30.6 Å². The average molecular weight is 258 g/mol. The van der Waals surface area contributed by atoms with Crippen LogP contribution in [0.3, 0.4) is 0 Å². The fourth-order valence-electron chi connectivity index (χ4n) is 2.00. The number of aromatic nitrogens is 2. The minimum Gasteiger partial charge on any atom is -0.489 e. The number of H-pyrrole nitrogens is 1. The van der Waals surface area contributed by atoms with Crippen LogP contribution in [0.1, 0.15) is 16.2 Å². The van der Waals surface area contributed by atoms with Crippen molar-refractivity contribution in [3.63, 3.8) is 0 Å². The summed E-state index contributed by atoms with van der Waals surface area (Å²) in [6.45, 7) is 1.68. The molecule has 0 atom stereocenters. The molecule has 1 amide bonds. The van der Waals surface area contributed by atoms with Crippen LogP contribution < -0.4 is 15.4 Å². The van der Waals surface area contributed by atoms with Gasteiger partial charge in [0.15, 0.2) is 5.75 Å². The van der Waals surface area contributed by atoms with Gasteiger partial charge < -0.3 is 20.4 Å². The number of hydrogen-bond acceptors (Lipinski definition) is 4. The summed E-state index contributed by atoms with van der Waals surface area (Å²) in [6.07, 6.45) is 3.37. The number of rotatable bonds is 3. The Morgan fingerprint density at radius 1 is 1.47 bits per heavy atom. The molecular formula is C13H14N4O2. The number of nitrogens with one attached hydrogen (secondary N) is 3. The number of fused-ring (bicyclic) bond motifs is 1. The summed E-state index contributed by atoms with van der Waals surface area (Å²) < 4.78 is 5.57. The van der Waals surface area contributed by atoms with E-state index in [1.165, 1.54) is 0 Å². The summed E-state index contributed by atoms with van der Waals surface area (Å²) in [5.74, 6) is 1.17. The first-order chi connectivity index (χ1) is 9.34. The molecule has 0 radical (unpaired) electrons. The Morgan fingerprint density at radius 2 is 2.42 bits per heavy atom. The van der Waals surface area contributed by atoms with Gasteiger partial charge in [-0.1, -0.05) is 6.07 Å². The first-order valence-electron chi connectivity index (χ1n) is 6.11. The van der Waals surface area contributed by atoms with Crippen LogP contribution in [0.4, 0.5) is 5.69 Å². The van der Waals surface area contributed by atoms with E-state index in [-0.39, 0.29) is 5.91 Å². The molecule has 0 saturated heterocycles. The highest BCUT2D eigenvalue weighted by Gasteiger charge is 2.18. The molecule has 2 heterocycles. The summed E-state index contributed by atoms with van der Waals surface area (Å²) in [5, 5.41) is 6.02. The normalized spacial score (nSPS) is 13.1. The largest absolute Gasteiger partial charge is 0.489 e. The molecule has 19 heavy (non-hydrogen) atoms. The zero-order chi connectivity index (χ0) is 13.1. The molecule has 2 aromatic rings. The number of carbonyl (C=O) groups is 1. The summed E-state index contributed by atoms with van der Waals surface area (Å²) in [6, 6.07) is 5.49. The molecular weight excluding hydrogens is 244 g/mol. The van der Waals surface area contributed by atoms with Crippen LogP contribution in [0, 0.1) is 0 Å².